The molecule has 7 heteroatoms. The van der Waals surface area contributed by atoms with E-state index in [9.17, 15) is 4.79 Å². The summed E-state index contributed by atoms with van der Waals surface area (Å²) in [5.41, 5.74) is 7.89. The molecule has 0 spiro atoms. The maximum Gasteiger partial charge on any atom is 0.239 e. The van der Waals surface area contributed by atoms with Crippen LogP contribution in [-0.2, 0) is 4.79 Å². The number of nitrogens with zero attached hydrogens (tertiary/aromatic N) is 4. The van der Waals surface area contributed by atoms with Crippen molar-refractivity contribution in [1.29, 1.82) is 0 Å². The molecule has 3 heterocycles. The number of anilines is 3. The second-order valence-electron chi connectivity index (χ2n) is 8.12. The van der Waals surface area contributed by atoms with Crippen molar-refractivity contribution < 1.29 is 4.79 Å². The van der Waals surface area contributed by atoms with Gasteiger partial charge < -0.3 is 15.0 Å². The molecule has 0 fully saturated rings. The normalized spacial score (nSPS) is 15.1. The molecule has 2 aromatic heterocycles. The molecule has 1 atom stereocenters. The summed E-state index contributed by atoms with van der Waals surface area (Å²) in [4.78, 5) is 23.2. The fraction of sp³-hybridized carbons (Fsp3) is 0.154. The average Bonchev–Trinajstić information content (AvgIpc) is 3.30. The molecule has 6 nitrogen and oxygen atoms in total. The lowest BCUT2D eigenvalue weighted by Crippen LogP contribution is -2.36. The average molecular weight is 454 g/mol. The Labute approximate surface area is 196 Å². The Balaban J connectivity index is 1.49. The third-order valence-corrected chi connectivity index (χ3v) is 6.62. The van der Waals surface area contributed by atoms with Crippen LogP contribution in [0.1, 0.15) is 22.4 Å². The second-order valence-corrected chi connectivity index (χ2v) is 8.87. The van der Waals surface area contributed by atoms with Gasteiger partial charge in [0, 0.05) is 41.4 Å². The third kappa shape index (κ3) is 4.03. The lowest BCUT2D eigenvalue weighted by atomic mass is 9.89. The smallest absolute Gasteiger partial charge is 0.239 e. The highest BCUT2D eigenvalue weighted by atomic mass is 32.1. The van der Waals surface area contributed by atoms with Gasteiger partial charge in [-0.15, -0.1) is 0 Å². The van der Waals surface area contributed by atoms with Crippen LogP contribution in [0, 0.1) is 13.8 Å². The number of aldehydes is 1. The van der Waals surface area contributed by atoms with Crippen LogP contribution in [0.5, 0.6) is 0 Å². The van der Waals surface area contributed by atoms with Crippen LogP contribution in [0.2, 0.25) is 0 Å². The summed E-state index contributed by atoms with van der Waals surface area (Å²) >= 11 is 1.36. The van der Waals surface area contributed by atoms with Crippen LogP contribution in [0.3, 0.4) is 0 Å². The van der Waals surface area contributed by atoms with Gasteiger partial charge in [-0.1, -0.05) is 36.4 Å². The first-order valence-corrected chi connectivity index (χ1v) is 11.4. The fourth-order valence-corrected chi connectivity index (χ4v) is 4.73. The van der Waals surface area contributed by atoms with Crippen LogP contribution >= 0.6 is 11.5 Å². The third-order valence-electron chi connectivity index (χ3n) is 5.86. The monoisotopic (exact) mass is 453 g/mol. The Kier molecular flexibility index (Phi) is 5.48. The van der Waals surface area contributed by atoms with Gasteiger partial charge in [0.1, 0.15) is 17.3 Å². The number of hydrogen-bond donors (Lipinski definition) is 1. The summed E-state index contributed by atoms with van der Waals surface area (Å²) in [6, 6.07) is 17.8. The van der Waals surface area contributed by atoms with Crippen molar-refractivity contribution in [1.82, 2.24) is 14.3 Å². The number of rotatable bonds is 5. The Hall–Kier alpha value is -3.84. The minimum Gasteiger partial charge on any atom is -0.360 e. The molecule has 1 unspecified atom stereocenters. The van der Waals surface area contributed by atoms with E-state index in [2.05, 4.69) is 38.7 Å². The molecule has 1 N–H and O–H groups in total. The van der Waals surface area contributed by atoms with Crippen LogP contribution in [-0.4, -0.2) is 33.7 Å². The SMILES string of the molecule is Cc1cc2c(cn1)C=C(c1cc(Nc3nsc(-c4ccccc4)n3)ccc1C)C(C=O)N2C. The standard InChI is InChI=1S/C26H23N5OS/c1-16-9-10-20(28-26-29-25(33-30-26)18-7-5-4-6-8-18)13-21(16)22-12-19-14-27-17(2)11-23(19)31(3)24(22)15-32/h4-15,24H,1-3H3,(H,28,30). The largest absolute Gasteiger partial charge is 0.360 e. The molecule has 4 aromatic rings. The summed E-state index contributed by atoms with van der Waals surface area (Å²) in [6.45, 7) is 4.01. The summed E-state index contributed by atoms with van der Waals surface area (Å²) in [5.74, 6) is 0.556. The zero-order chi connectivity index (χ0) is 22.9. The molecule has 0 saturated heterocycles. The molecule has 0 bridgehead atoms. The molecule has 164 valence electrons. The number of carbonyl (C=O) groups is 1. The number of carbonyl (C=O) groups excluding carboxylic acids is 1. The topological polar surface area (TPSA) is 71.0 Å². The molecule has 0 saturated carbocycles. The zero-order valence-corrected chi connectivity index (χ0v) is 19.4. The number of aromatic nitrogens is 3. The highest BCUT2D eigenvalue weighted by Gasteiger charge is 2.28. The molecule has 1 aliphatic rings. The maximum absolute atomic E-state index is 12.1. The van der Waals surface area contributed by atoms with E-state index in [4.69, 9.17) is 0 Å². The van der Waals surface area contributed by atoms with Gasteiger partial charge in [-0.05, 0) is 66.4 Å². The van der Waals surface area contributed by atoms with Gasteiger partial charge in [0.05, 0.1) is 0 Å². The lowest BCUT2D eigenvalue weighted by Gasteiger charge is -2.34. The molecule has 0 aliphatic carbocycles. The zero-order valence-electron chi connectivity index (χ0n) is 18.6. The Morgan fingerprint density at radius 2 is 1.91 bits per heavy atom. The number of fused-ring (bicyclic) bond motifs is 1. The van der Waals surface area contributed by atoms with Crippen molar-refractivity contribution in [3.63, 3.8) is 0 Å². The molecule has 0 radical (unpaired) electrons. The first-order valence-electron chi connectivity index (χ1n) is 10.7. The van der Waals surface area contributed by atoms with Gasteiger partial charge >= 0.3 is 0 Å². The van der Waals surface area contributed by atoms with Crippen LogP contribution in [0.15, 0.2) is 60.8 Å². The second kappa shape index (κ2) is 8.60. The van der Waals surface area contributed by atoms with E-state index in [1.165, 1.54) is 11.5 Å². The number of hydrogen-bond acceptors (Lipinski definition) is 7. The van der Waals surface area contributed by atoms with E-state index in [0.29, 0.717) is 5.95 Å². The highest BCUT2D eigenvalue weighted by molar-refractivity contribution is 7.09. The first-order chi connectivity index (χ1) is 16.0. The van der Waals surface area contributed by atoms with Crippen LogP contribution in [0.4, 0.5) is 17.3 Å². The van der Waals surface area contributed by atoms with Crippen molar-refractivity contribution in [2.45, 2.75) is 19.9 Å². The first kappa shape index (κ1) is 21.0. The van der Waals surface area contributed by atoms with E-state index >= 15 is 0 Å². The molecule has 5 rings (SSSR count). The summed E-state index contributed by atoms with van der Waals surface area (Å²) in [7, 11) is 1.95. The minimum atomic E-state index is -0.379. The molecular formula is C26H23N5OS. The van der Waals surface area contributed by atoms with Crippen molar-refractivity contribution in [3.8, 4) is 10.6 Å². The number of benzene rings is 2. The molecule has 0 amide bonds. The Morgan fingerprint density at radius 1 is 1.09 bits per heavy atom. The van der Waals surface area contributed by atoms with Gasteiger partial charge in [-0.2, -0.15) is 9.36 Å². The van der Waals surface area contributed by atoms with Crippen molar-refractivity contribution in [3.05, 3.63) is 83.2 Å². The van der Waals surface area contributed by atoms with Crippen LogP contribution in [0.25, 0.3) is 22.2 Å². The van der Waals surface area contributed by atoms with E-state index in [0.717, 1.165) is 56.2 Å². The summed E-state index contributed by atoms with van der Waals surface area (Å²) < 4.78 is 4.47. The summed E-state index contributed by atoms with van der Waals surface area (Å²) in [6.07, 6.45) is 4.93. The van der Waals surface area contributed by atoms with Gasteiger partial charge in [-0.25, -0.2) is 0 Å². The molecule has 2 aromatic carbocycles. The Morgan fingerprint density at radius 3 is 2.70 bits per heavy atom. The predicted octanol–water partition coefficient (Wildman–Crippen LogP) is 5.52. The Bertz CT molecular complexity index is 1360. The molecular weight excluding hydrogens is 430 g/mol. The number of aryl methyl sites for hydroxylation is 2. The number of likely N-dealkylation sites (N-methyl/N-ethyl adjacent to an activating group) is 1. The fourth-order valence-electron chi connectivity index (χ4n) is 4.10. The number of nitrogens with one attached hydrogen (secondary N) is 1. The van der Waals surface area contributed by atoms with E-state index in [1.54, 1.807) is 0 Å². The predicted molar refractivity (Wildman–Crippen MR) is 135 cm³/mol. The van der Waals surface area contributed by atoms with Gasteiger partial charge in [0.25, 0.3) is 0 Å². The van der Waals surface area contributed by atoms with Crippen molar-refractivity contribution in [2.24, 2.45) is 0 Å². The van der Waals surface area contributed by atoms with Gasteiger partial charge in [0.2, 0.25) is 5.95 Å². The lowest BCUT2D eigenvalue weighted by molar-refractivity contribution is -0.107. The van der Waals surface area contributed by atoms with Gasteiger partial charge in [0.15, 0.2) is 0 Å². The van der Waals surface area contributed by atoms with E-state index in [1.807, 2.05) is 73.6 Å². The van der Waals surface area contributed by atoms with Crippen molar-refractivity contribution >= 4 is 46.8 Å². The van der Waals surface area contributed by atoms with Crippen LogP contribution < -0.4 is 10.2 Å². The maximum atomic E-state index is 12.1. The minimum absolute atomic E-state index is 0.379. The molecule has 1 aliphatic heterocycles. The van der Waals surface area contributed by atoms with Gasteiger partial charge in [-0.3, -0.25) is 4.98 Å². The highest BCUT2D eigenvalue weighted by Crippen LogP contribution is 2.37. The van der Waals surface area contributed by atoms with Crippen molar-refractivity contribution in [2.75, 3.05) is 17.3 Å². The summed E-state index contributed by atoms with van der Waals surface area (Å²) in [5, 5.41) is 4.18. The molecule has 33 heavy (non-hydrogen) atoms. The van der Waals surface area contributed by atoms with E-state index < -0.39 is 0 Å². The van der Waals surface area contributed by atoms with E-state index in [-0.39, 0.29) is 6.04 Å². The number of pyridine rings is 1. The quantitative estimate of drug-likeness (QED) is 0.401.